The minimum atomic E-state index is 0.942. The Kier molecular flexibility index (Phi) is 1.81. The first-order valence-corrected chi connectivity index (χ1v) is 4.26. The second kappa shape index (κ2) is 2.98. The maximum atomic E-state index is 3.93. The molecule has 0 aliphatic heterocycles. The third kappa shape index (κ3) is 1.20. The molecule has 0 fully saturated rings. The number of rotatable bonds is 2. The SMILES string of the molecule is C=C(NC)c1c[nH]c2ccccc12. The van der Waals surface area contributed by atoms with Gasteiger partial charge in [-0.3, -0.25) is 0 Å². The van der Waals surface area contributed by atoms with E-state index in [1.54, 1.807) is 0 Å². The van der Waals surface area contributed by atoms with Crippen LogP contribution in [0.1, 0.15) is 5.56 Å². The van der Waals surface area contributed by atoms with Crippen molar-refractivity contribution < 1.29 is 0 Å². The second-order valence-electron chi connectivity index (χ2n) is 2.98. The lowest BCUT2D eigenvalue weighted by Gasteiger charge is -2.01. The number of fused-ring (bicyclic) bond motifs is 1. The normalized spacial score (nSPS) is 10.2. The van der Waals surface area contributed by atoms with Gasteiger partial charge in [-0.15, -0.1) is 0 Å². The predicted octanol–water partition coefficient (Wildman–Crippen LogP) is 2.36. The molecule has 0 unspecified atom stereocenters. The van der Waals surface area contributed by atoms with Gasteiger partial charge in [-0.05, 0) is 6.07 Å². The quantitative estimate of drug-likeness (QED) is 0.715. The molecule has 1 aromatic heterocycles. The summed E-state index contributed by atoms with van der Waals surface area (Å²) in [5.74, 6) is 0. The zero-order valence-electron chi connectivity index (χ0n) is 7.59. The van der Waals surface area contributed by atoms with Gasteiger partial charge in [0.1, 0.15) is 0 Å². The summed E-state index contributed by atoms with van der Waals surface area (Å²) < 4.78 is 0. The van der Waals surface area contributed by atoms with E-state index in [1.165, 1.54) is 5.39 Å². The Balaban J connectivity index is 2.64. The summed E-state index contributed by atoms with van der Waals surface area (Å²) >= 11 is 0. The smallest absolute Gasteiger partial charge is 0.0460 e. The van der Waals surface area contributed by atoms with Crippen LogP contribution in [0.25, 0.3) is 16.6 Å². The van der Waals surface area contributed by atoms with Crippen molar-refractivity contribution >= 4 is 16.6 Å². The zero-order valence-corrected chi connectivity index (χ0v) is 7.59. The Morgan fingerprint density at radius 2 is 2.15 bits per heavy atom. The molecule has 0 saturated carbocycles. The van der Waals surface area contributed by atoms with E-state index >= 15 is 0 Å². The average Bonchev–Trinajstić information content (AvgIpc) is 2.60. The Morgan fingerprint density at radius 3 is 2.92 bits per heavy atom. The summed E-state index contributed by atoms with van der Waals surface area (Å²) in [7, 11) is 1.88. The Morgan fingerprint density at radius 1 is 1.38 bits per heavy atom. The van der Waals surface area contributed by atoms with Crippen molar-refractivity contribution in [3.05, 3.63) is 42.6 Å². The Bertz CT molecular complexity index is 440. The third-order valence-electron chi connectivity index (χ3n) is 2.22. The molecule has 0 spiro atoms. The fraction of sp³-hybridized carbons (Fsp3) is 0.0909. The number of H-pyrrole nitrogens is 1. The predicted molar refractivity (Wildman–Crippen MR) is 56.4 cm³/mol. The molecule has 0 bridgehead atoms. The van der Waals surface area contributed by atoms with Crippen LogP contribution >= 0.6 is 0 Å². The van der Waals surface area contributed by atoms with Gasteiger partial charge in [0.15, 0.2) is 0 Å². The molecular formula is C11H12N2. The number of benzene rings is 1. The molecule has 2 aromatic rings. The molecule has 1 heterocycles. The van der Waals surface area contributed by atoms with E-state index in [1.807, 2.05) is 25.4 Å². The van der Waals surface area contributed by atoms with Gasteiger partial charge >= 0.3 is 0 Å². The van der Waals surface area contributed by atoms with Crippen molar-refractivity contribution in [2.24, 2.45) is 0 Å². The molecule has 2 nitrogen and oxygen atoms in total. The van der Waals surface area contributed by atoms with Crippen LogP contribution < -0.4 is 5.32 Å². The number of aromatic nitrogens is 1. The van der Waals surface area contributed by atoms with Crippen LogP contribution in [0.2, 0.25) is 0 Å². The van der Waals surface area contributed by atoms with Crippen molar-refractivity contribution in [2.75, 3.05) is 7.05 Å². The number of hydrogen-bond acceptors (Lipinski definition) is 1. The molecule has 2 rings (SSSR count). The molecule has 0 amide bonds. The van der Waals surface area contributed by atoms with Gasteiger partial charge in [-0.25, -0.2) is 0 Å². The summed E-state index contributed by atoms with van der Waals surface area (Å²) in [6.07, 6.45) is 1.98. The highest BCUT2D eigenvalue weighted by atomic mass is 14.8. The first-order valence-electron chi connectivity index (χ1n) is 4.26. The second-order valence-corrected chi connectivity index (χ2v) is 2.98. The van der Waals surface area contributed by atoms with Crippen molar-refractivity contribution in [1.82, 2.24) is 10.3 Å². The highest BCUT2D eigenvalue weighted by Gasteiger charge is 2.03. The van der Waals surface area contributed by atoms with Crippen LogP contribution in [0.4, 0.5) is 0 Å². The zero-order chi connectivity index (χ0) is 9.26. The summed E-state index contributed by atoms with van der Waals surface area (Å²) in [6.45, 7) is 3.93. The maximum Gasteiger partial charge on any atom is 0.0460 e. The van der Waals surface area contributed by atoms with Gasteiger partial charge in [-0.2, -0.15) is 0 Å². The molecule has 1 aromatic carbocycles. The number of para-hydroxylation sites is 1. The minimum absolute atomic E-state index is 0.942. The minimum Gasteiger partial charge on any atom is -0.388 e. The van der Waals surface area contributed by atoms with Crippen molar-refractivity contribution in [3.8, 4) is 0 Å². The van der Waals surface area contributed by atoms with Gasteiger partial charge in [0, 0.05) is 35.4 Å². The van der Waals surface area contributed by atoms with E-state index in [2.05, 4.69) is 29.0 Å². The van der Waals surface area contributed by atoms with Crippen LogP contribution in [0.5, 0.6) is 0 Å². The van der Waals surface area contributed by atoms with E-state index in [4.69, 9.17) is 0 Å². The number of hydrogen-bond donors (Lipinski definition) is 2. The molecule has 0 aliphatic carbocycles. The Labute approximate surface area is 77.3 Å². The molecule has 2 N–H and O–H groups in total. The van der Waals surface area contributed by atoms with Crippen LogP contribution in [-0.2, 0) is 0 Å². The topological polar surface area (TPSA) is 27.8 Å². The van der Waals surface area contributed by atoms with Crippen LogP contribution in [-0.4, -0.2) is 12.0 Å². The highest BCUT2D eigenvalue weighted by Crippen LogP contribution is 2.21. The monoisotopic (exact) mass is 172 g/mol. The molecule has 66 valence electrons. The molecule has 13 heavy (non-hydrogen) atoms. The first-order chi connectivity index (χ1) is 6.33. The maximum absolute atomic E-state index is 3.93. The largest absolute Gasteiger partial charge is 0.388 e. The lowest BCUT2D eigenvalue weighted by Crippen LogP contribution is -2.01. The van der Waals surface area contributed by atoms with Gasteiger partial charge in [-0.1, -0.05) is 24.8 Å². The molecule has 0 radical (unpaired) electrons. The third-order valence-corrected chi connectivity index (χ3v) is 2.22. The van der Waals surface area contributed by atoms with Crippen molar-refractivity contribution in [2.45, 2.75) is 0 Å². The van der Waals surface area contributed by atoms with E-state index < -0.39 is 0 Å². The Hall–Kier alpha value is -1.70. The van der Waals surface area contributed by atoms with Crippen LogP contribution in [0, 0.1) is 0 Å². The number of aromatic amines is 1. The van der Waals surface area contributed by atoms with Crippen molar-refractivity contribution in [3.63, 3.8) is 0 Å². The van der Waals surface area contributed by atoms with Gasteiger partial charge in [0.05, 0.1) is 0 Å². The molecule has 0 saturated heterocycles. The van der Waals surface area contributed by atoms with E-state index in [-0.39, 0.29) is 0 Å². The van der Waals surface area contributed by atoms with Gasteiger partial charge < -0.3 is 10.3 Å². The molecular weight excluding hydrogens is 160 g/mol. The van der Waals surface area contributed by atoms with Crippen LogP contribution in [0.3, 0.4) is 0 Å². The molecule has 2 heteroatoms. The fourth-order valence-electron chi connectivity index (χ4n) is 1.46. The van der Waals surface area contributed by atoms with Crippen molar-refractivity contribution in [1.29, 1.82) is 0 Å². The highest BCUT2D eigenvalue weighted by molar-refractivity contribution is 5.91. The lowest BCUT2D eigenvalue weighted by atomic mass is 10.1. The molecule has 0 atom stereocenters. The fourth-order valence-corrected chi connectivity index (χ4v) is 1.46. The average molecular weight is 172 g/mol. The van der Waals surface area contributed by atoms with E-state index in [0.29, 0.717) is 0 Å². The van der Waals surface area contributed by atoms with Gasteiger partial charge in [0.2, 0.25) is 0 Å². The van der Waals surface area contributed by atoms with Gasteiger partial charge in [0.25, 0.3) is 0 Å². The van der Waals surface area contributed by atoms with Crippen LogP contribution in [0.15, 0.2) is 37.0 Å². The van der Waals surface area contributed by atoms with E-state index in [9.17, 15) is 0 Å². The standard InChI is InChI=1S/C11H12N2/c1-8(12-2)10-7-13-11-6-4-3-5-9(10)11/h3-7,12-13H,1H2,2H3. The lowest BCUT2D eigenvalue weighted by molar-refractivity contribution is 1.14. The summed E-state index contributed by atoms with van der Waals surface area (Å²) in [5.41, 5.74) is 3.23. The summed E-state index contributed by atoms with van der Waals surface area (Å²) in [6, 6.07) is 8.19. The summed E-state index contributed by atoms with van der Waals surface area (Å²) in [4.78, 5) is 3.20. The molecule has 0 aliphatic rings. The number of nitrogens with one attached hydrogen (secondary N) is 2. The summed E-state index contributed by atoms with van der Waals surface area (Å²) in [5, 5.41) is 4.26. The first kappa shape index (κ1) is 7.92. The van der Waals surface area contributed by atoms with E-state index in [0.717, 1.165) is 16.8 Å².